The molecule has 3 aromatic rings. The topological polar surface area (TPSA) is 17.1 Å². The van der Waals surface area contributed by atoms with Gasteiger partial charge in [-0.25, -0.2) is 4.39 Å². The standard InChI is InChI=1S/C21H15FOS/c1-13-17-11-8-14-4-2-3-5-18(14)21(17)24-20(13)12-19(23)15-6-9-16(22)10-7-15/h2-13H,1H3. The van der Waals surface area contributed by atoms with E-state index in [1.807, 2.05) is 12.1 Å². The quantitative estimate of drug-likeness (QED) is 0.425. The highest BCUT2D eigenvalue weighted by atomic mass is 32.2. The number of halogens is 1. The first-order valence-electron chi connectivity index (χ1n) is 7.84. The number of ketones is 1. The molecule has 0 bridgehead atoms. The summed E-state index contributed by atoms with van der Waals surface area (Å²) in [4.78, 5) is 14.7. The number of allylic oxidation sites excluding steroid dienone is 2. The fraction of sp³-hybridized carbons (Fsp3) is 0.0952. The maximum absolute atomic E-state index is 13.0. The van der Waals surface area contributed by atoms with E-state index in [-0.39, 0.29) is 17.5 Å². The molecule has 118 valence electrons. The molecule has 0 spiro atoms. The van der Waals surface area contributed by atoms with Gasteiger partial charge in [0, 0.05) is 21.3 Å². The first kappa shape index (κ1) is 15.2. The van der Waals surface area contributed by atoms with Gasteiger partial charge in [0.05, 0.1) is 0 Å². The maximum Gasteiger partial charge on any atom is 0.186 e. The Kier molecular flexibility index (Phi) is 3.73. The second kappa shape index (κ2) is 5.91. The van der Waals surface area contributed by atoms with Gasteiger partial charge in [-0.05, 0) is 46.7 Å². The predicted molar refractivity (Wildman–Crippen MR) is 97.0 cm³/mol. The van der Waals surface area contributed by atoms with E-state index in [0.717, 1.165) is 4.91 Å². The van der Waals surface area contributed by atoms with Crippen LogP contribution in [-0.2, 0) is 0 Å². The van der Waals surface area contributed by atoms with Crippen molar-refractivity contribution >= 4 is 28.3 Å². The first-order valence-corrected chi connectivity index (χ1v) is 8.66. The van der Waals surface area contributed by atoms with Crippen molar-refractivity contribution in [3.8, 4) is 0 Å². The summed E-state index contributed by atoms with van der Waals surface area (Å²) in [6, 6.07) is 18.3. The van der Waals surface area contributed by atoms with Crippen molar-refractivity contribution < 1.29 is 9.18 Å². The van der Waals surface area contributed by atoms with Crippen molar-refractivity contribution in [2.45, 2.75) is 17.7 Å². The highest BCUT2D eigenvalue weighted by Gasteiger charge is 2.26. The third-order valence-corrected chi connectivity index (χ3v) is 5.79. The molecule has 1 aliphatic rings. The lowest BCUT2D eigenvalue weighted by atomic mass is 9.96. The molecule has 1 atom stereocenters. The number of hydrogen-bond acceptors (Lipinski definition) is 2. The van der Waals surface area contributed by atoms with E-state index >= 15 is 0 Å². The van der Waals surface area contributed by atoms with Crippen LogP contribution < -0.4 is 0 Å². The number of hydrogen-bond donors (Lipinski definition) is 0. The van der Waals surface area contributed by atoms with Crippen LogP contribution in [0, 0.1) is 5.82 Å². The summed E-state index contributed by atoms with van der Waals surface area (Å²) in [7, 11) is 0. The number of rotatable bonds is 2. The summed E-state index contributed by atoms with van der Waals surface area (Å²) < 4.78 is 13.0. The molecule has 0 saturated carbocycles. The Bertz CT molecular complexity index is 973. The van der Waals surface area contributed by atoms with Gasteiger partial charge in [-0.2, -0.15) is 0 Å². The largest absolute Gasteiger partial charge is 0.289 e. The van der Waals surface area contributed by atoms with E-state index in [9.17, 15) is 9.18 Å². The molecule has 0 fully saturated rings. The van der Waals surface area contributed by atoms with Crippen LogP contribution in [0.25, 0.3) is 10.8 Å². The van der Waals surface area contributed by atoms with Crippen LogP contribution >= 0.6 is 11.8 Å². The Balaban J connectivity index is 1.72. The molecule has 1 heterocycles. The lowest BCUT2D eigenvalue weighted by Crippen LogP contribution is -1.97. The molecule has 3 heteroatoms. The van der Waals surface area contributed by atoms with Gasteiger partial charge in [-0.3, -0.25) is 4.79 Å². The second-order valence-electron chi connectivity index (χ2n) is 5.95. The number of carbonyl (C=O) groups excluding carboxylic acids is 1. The molecule has 1 aliphatic heterocycles. The van der Waals surface area contributed by atoms with Crippen molar-refractivity contribution in [1.29, 1.82) is 0 Å². The zero-order chi connectivity index (χ0) is 16.7. The van der Waals surface area contributed by atoms with Crippen LogP contribution in [0.5, 0.6) is 0 Å². The van der Waals surface area contributed by atoms with Crippen molar-refractivity contribution in [2.75, 3.05) is 0 Å². The van der Waals surface area contributed by atoms with Crippen LogP contribution in [-0.4, -0.2) is 5.78 Å². The molecule has 24 heavy (non-hydrogen) atoms. The van der Waals surface area contributed by atoms with Gasteiger partial charge < -0.3 is 0 Å². The Hall–Kier alpha value is -2.39. The number of benzene rings is 3. The molecule has 0 radical (unpaired) electrons. The van der Waals surface area contributed by atoms with Gasteiger partial charge in [0.2, 0.25) is 0 Å². The third-order valence-electron chi connectivity index (χ3n) is 4.43. The van der Waals surface area contributed by atoms with Crippen molar-refractivity contribution in [1.82, 2.24) is 0 Å². The normalized spacial score (nSPS) is 18.1. The smallest absolute Gasteiger partial charge is 0.186 e. The average Bonchev–Trinajstić information content (AvgIpc) is 2.92. The van der Waals surface area contributed by atoms with Crippen molar-refractivity contribution in [2.24, 2.45) is 0 Å². The van der Waals surface area contributed by atoms with Gasteiger partial charge >= 0.3 is 0 Å². The third kappa shape index (κ3) is 2.55. The molecular formula is C21H15FOS. The molecule has 3 aromatic carbocycles. The van der Waals surface area contributed by atoms with Gasteiger partial charge in [-0.1, -0.05) is 55.1 Å². The summed E-state index contributed by atoms with van der Waals surface area (Å²) in [6.45, 7) is 2.12. The number of thioether (sulfide) groups is 1. The highest BCUT2D eigenvalue weighted by molar-refractivity contribution is 8.03. The predicted octanol–water partition coefficient (Wildman–Crippen LogP) is 5.95. The zero-order valence-corrected chi connectivity index (χ0v) is 13.9. The molecule has 1 nitrogen and oxygen atoms in total. The SMILES string of the molecule is CC1C(=CC(=O)c2ccc(F)cc2)Sc2c1ccc1ccccc21. The Morgan fingerprint density at radius 3 is 2.58 bits per heavy atom. The first-order chi connectivity index (χ1) is 11.6. The monoisotopic (exact) mass is 334 g/mol. The van der Waals surface area contributed by atoms with Gasteiger partial charge in [0.15, 0.2) is 5.78 Å². The van der Waals surface area contributed by atoms with E-state index in [2.05, 4.69) is 31.2 Å². The number of carbonyl (C=O) groups is 1. The summed E-state index contributed by atoms with van der Waals surface area (Å²) in [5.74, 6) is -0.220. The summed E-state index contributed by atoms with van der Waals surface area (Å²) in [5.41, 5.74) is 1.77. The van der Waals surface area contributed by atoms with E-state index in [1.54, 1.807) is 17.8 Å². The summed E-state index contributed by atoms with van der Waals surface area (Å²) in [5, 5.41) is 2.44. The molecule has 0 aliphatic carbocycles. The lowest BCUT2D eigenvalue weighted by molar-refractivity contribution is 0.104. The van der Waals surface area contributed by atoms with Gasteiger partial charge in [0.25, 0.3) is 0 Å². The maximum atomic E-state index is 13.0. The molecule has 0 saturated heterocycles. The van der Waals surface area contributed by atoms with Crippen LogP contribution in [0.1, 0.15) is 28.8 Å². The summed E-state index contributed by atoms with van der Waals surface area (Å²) >= 11 is 1.67. The molecule has 0 N–H and O–H groups in total. The highest BCUT2D eigenvalue weighted by Crippen LogP contribution is 2.51. The minimum Gasteiger partial charge on any atom is -0.289 e. The minimum atomic E-state index is -0.332. The Morgan fingerprint density at radius 2 is 1.79 bits per heavy atom. The van der Waals surface area contributed by atoms with E-state index in [4.69, 9.17) is 0 Å². The average molecular weight is 334 g/mol. The molecule has 0 aromatic heterocycles. The van der Waals surface area contributed by atoms with E-state index < -0.39 is 0 Å². The molecule has 1 unspecified atom stereocenters. The fourth-order valence-corrected chi connectivity index (χ4v) is 4.42. The molecule has 0 amide bonds. The van der Waals surface area contributed by atoms with E-state index in [1.165, 1.54) is 45.5 Å². The summed E-state index contributed by atoms with van der Waals surface area (Å²) in [6.07, 6.45) is 1.69. The van der Waals surface area contributed by atoms with E-state index in [0.29, 0.717) is 5.56 Å². The van der Waals surface area contributed by atoms with Crippen molar-refractivity contribution in [3.05, 3.63) is 88.6 Å². The van der Waals surface area contributed by atoms with Gasteiger partial charge in [-0.15, -0.1) is 0 Å². The molecule has 4 rings (SSSR count). The Morgan fingerprint density at radius 1 is 1.04 bits per heavy atom. The van der Waals surface area contributed by atoms with Crippen molar-refractivity contribution in [3.63, 3.8) is 0 Å². The van der Waals surface area contributed by atoms with Crippen LogP contribution in [0.2, 0.25) is 0 Å². The van der Waals surface area contributed by atoms with Crippen LogP contribution in [0.3, 0.4) is 0 Å². The van der Waals surface area contributed by atoms with Crippen LogP contribution in [0.4, 0.5) is 4.39 Å². The number of fused-ring (bicyclic) bond motifs is 3. The Labute approximate surface area is 144 Å². The lowest BCUT2D eigenvalue weighted by Gasteiger charge is -2.06. The molecular weight excluding hydrogens is 319 g/mol. The second-order valence-corrected chi connectivity index (χ2v) is 7.03. The zero-order valence-electron chi connectivity index (χ0n) is 13.1. The fourth-order valence-electron chi connectivity index (χ4n) is 3.06. The minimum absolute atomic E-state index is 0.0820. The van der Waals surface area contributed by atoms with Crippen LogP contribution in [0.15, 0.2) is 76.5 Å². The van der Waals surface area contributed by atoms with Gasteiger partial charge in [0.1, 0.15) is 5.82 Å².